The van der Waals surface area contributed by atoms with Crippen molar-refractivity contribution in [1.29, 1.82) is 0 Å². The molecular weight excluding hydrogens is 308 g/mol. The minimum Gasteiger partial charge on any atom is -0.388 e. The van der Waals surface area contributed by atoms with Crippen LogP contribution in [0.15, 0.2) is 35.8 Å². The van der Waals surface area contributed by atoms with Crippen molar-refractivity contribution in [2.75, 3.05) is 43.4 Å². The molecule has 1 fully saturated rings. The van der Waals surface area contributed by atoms with E-state index >= 15 is 0 Å². The van der Waals surface area contributed by atoms with E-state index < -0.39 is 0 Å². The average Bonchev–Trinajstić information content (AvgIpc) is 3.14. The molecule has 2 heterocycles. The molecule has 5 nitrogen and oxygen atoms in total. The zero-order valence-corrected chi connectivity index (χ0v) is 14.2. The summed E-state index contributed by atoms with van der Waals surface area (Å²) in [4.78, 5) is 21.0. The first kappa shape index (κ1) is 15.8. The SMILES string of the molecule is CNc1cccc(CCC(=O)N2CCN(c3nccs3)CC2)c1. The number of carbonyl (C=O) groups excluding carboxylic acids is 1. The number of benzene rings is 1. The Labute approximate surface area is 140 Å². The first-order valence-corrected chi connectivity index (χ1v) is 8.83. The van der Waals surface area contributed by atoms with Crippen molar-refractivity contribution >= 4 is 28.1 Å². The number of hydrogen-bond donors (Lipinski definition) is 1. The molecule has 1 amide bonds. The zero-order valence-electron chi connectivity index (χ0n) is 13.4. The molecule has 6 heteroatoms. The molecule has 23 heavy (non-hydrogen) atoms. The molecule has 0 aliphatic carbocycles. The van der Waals surface area contributed by atoms with Gasteiger partial charge in [-0.15, -0.1) is 11.3 Å². The van der Waals surface area contributed by atoms with Crippen LogP contribution in [0.3, 0.4) is 0 Å². The number of piperazine rings is 1. The predicted octanol–water partition coefficient (Wildman–Crippen LogP) is 2.47. The Morgan fingerprint density at radius 2 is 2.13 bits per heavy atom. The monoisotopic (exact) mass is 330 g/mol. The van der Waals surface area contributed by atoms with Crippen LogP contribution in [-0.4, -0.2) is 49.0 Å². The van der Waals surface area contributed by atoms with Crippen molar-refractivity contribution in [2.24, 2.45) is 0 Å². The lowest BCUT2D eigenvalue weighted by molar-refractivity contribution is -0.131. The highest BCUT2D eigenvalue weighted by molar-refractivity contribution is 7.13. The van der Waals surface area contributed by atoms with Gasteiger partial charge in [-0.05, 0) is 24.1 Å². The summed E-state index contributed by atoms with van der Waals surface area (Å²) < 4.78 is 0. The Morgan fingerprint density at radius 1 is 1.30 bits per heavy atom. The largest absolute Gasteiger partial charge is 0.388 e. The summed E-state index contributed by atoms with van der Waals surface area (Å²) in [6.07, 6.45) is 3.20. The maximum atomic E-state index is 12.4. The first-order valence-electron chi connectivity index (χ1n) is 7.95. The van der Waals surface area contributed by atoms with Gasteiger partial charge in [0.15, 0.2) is 5.13 Å². The summed E-state index contributed by atoms with van der Waals surface area (Å²) in [6.45, 7) is 3.31. The zero-order chi connectivity index (χ0) is 16.1. The van der Waals surface area contributed by atoms with Crippen LogP contribution in [0.4, 0.5) is 10.8 Å². The lowest BCUT2D eigenvalue weighted by atomic mass is 10.1. The Balaban J connectivity index is 1.48. The van der Waals surface area contributed by atoms with Gasteiger partial charge in [-0.1, -0.05) is 12.1 Å². The van der Waals surface area contributed by atoms with E-state index in [0.29, 0.717) is 6.42 Å². The van der Waals surface area contributed by atoms with Crippen molar-refractivity contribution < 1.29 is 4.79 Å². The van der Waals surface area contributed by atoms with E-state index in [1.54, 1.807) is 11.3 Å². The second-order valence-corrected chi connectivity index (χ2v) is 6.51. The number of aromatic nitrogens is 1. The number of hydrogen-bond acceptors (Lipinski definition) is 5. The lowest BCUT2D eigenvalue weighted by Gasteiger charge is -2.34. The van der Waals surface area contributed by atoms with E-state index in [4.69, 9.17) is 0 Å². The lowest BCUT2D eigenvalue weighted by Crippen LogP contribution is -2.48. The molecule has 3 rings (SSSR count). The minimum atomic E-state index is 0.249. The Hall–Kier alpha value is -2.08. The predicted molar refractivity (Wildman–Crippen MR) is 95.2 cm³/mol. The Bertz CT molecular complexity index is 636. The summed E-state index contributed by atoms with van der Waals surface area (Å²) in [6, 6.07) is 8.24. The molecule has 1 aromatic carbocycles. The fourth-order valence-corrected chi connectivity index (χ4v) is 3.51. The van der Waals surface area contributed by atoms with Gasteiger partial charge in [-0.2, -0.15) is 0 Å². The van der Waals surface area contributed by atoms with Crippen molar-refractivity contribution in [1.82, 2.24) is 9.88 Å². The van der Waals surface area contributed by atoms with E-state index in [-0.39, 0.29) is 5.91 Å². The quantitative estimate of drug-likeness (QED) is 0.915. The number of aryl methyl sites for hydroxylation is 1. The van der Waals surface area contributed by atoms with E-state index in [1.165, 1.54) is 5.56 Å². The number of rotatable bonds is 5. The molecule has 0 atom stereocenters. The highest BCUT2D eigenvalue weighted by Gasteiger charge is 2.21. The second-order valence-electron chi connectivity index (χ2n) is 5.63. The smallest absolute Gasteiger partial charge is 0.223 e. The molecule has 0 spiro atoms. The van der Waals surface area contributed by atoms with Crippen LogP contribution < -0.4 is 10.2 Å². The highest BCUT2D eigenvalue weighted by Crippen LogP contribution is 2.19. The van der Waals surface area contributed by atoms with E-state index in [9.17, 15) is 4.79 Å². The summed E-state index contributed by atoms with van der Waals surface area (Å²) in [5.74, 6) is 0.249. The van der Waals surface area contributed by atoms with Crippen LogP contribution in [0.5, 0.6) is 0 Å². The third-order valence-electron chi connectivity index (χ3n) is 4.17. The maximum absolute atomic E-state index is 12.4. The Morgan fingerprint density at radius 3 is 2.83 bits per heavy atom. The molecule has 1 saturated heterocycles. The maximum Gasteiger partial charge on any atom is 0.223 e. The van der Waals surface area contributed by atoms with Crippen molar-refractivity contribution in [3.8, 4) is 0 Å². The molecule has 1 aliphatic heterocycles. The third-order valence-corrected chi connectivity index (χ3v) is 5.00. The topological polar surface area (TPSA) is 48.5 Å². The average molecular weight is 330 g/mol. The van der Waals surface area contributed by atoms with Crippen molar-refractivity contribution in [2.45, 2.75) is 12.8 Å². The summed E-state index contributed by atoms with van der Waals surface area (Å²) >= 11 is 1.66. The normalized spacial score (nSPS) is 14.8. The fraction of sp³-hybridized carbons (Fsp3) is 0.412. The van der Waals surface area contributed by atoms with Crippen LogP contribution in [0, 0.1) is 0 Å². The molecule has 1 N–H and O–H groups in total. The molecule has 0 bridgehead atoms. The van der Waals surface area contributed by atoms with Gasteiger partial charge < -0.3 is 15.1 Å². The van der Waals surface area contributed by atoms with E-state index in [1.807, 2.05) is 35.7 Å². The molecule has 0 radical (unpaired) electrons. The van der Waals surface area contributed by atoms with E-state index in [2.05, 4.69) is 27.3 Å². The van der Waals surface area contributed by atoms with Gasteiger partial charge in [0.1, 0.15) is 0 Å². The van der Waals surface area contributed by atoms with Crippen LogP contribution in [0.25, 0.3) is 0 Å². The standard InChI is InChI=1S/C17H22N4OS/c1-18-15-4-2-3-14(13-15)5-6-16(22)20-8-10-21(11-9-20)17-19-7-12-23-17/h2-4,7,12-13,18H,5-6,8-11H2,1H3. The number of nitrogens with one attached hydrogen (secondary N) is 1. The first-order chi connectivity index (χ1) is 11.3. The molecule has 2 aromatic rings. The molecule has 0 unspecified atom stereocenters. The molecule has 0 saturated carbocycles. The summed E-state index contributed by atoms with van der Waals surface area (Å²) in [5.41, 5.74) is 2.29. The Kier molecular flexibility index (Phi) is 5.12. The third kappa shape index (κ3) is 4.01. The number of thiazole rings is 1. The molecule has 1 aliphatic rings. The number of amides is 1. The van der Waals surface area contributed by atoms with Gasteiger partial charge in [0.2, 0.25) is 5.91 Å². The summed E-state index contributed by atoms with van der Waals surface area (Å²) in [7, 11) is 1.91. The molecule has 122 valence electrons. The van der Waals surface area contributed by atoms with Crippen LogP contribution in [-0.2, 0) is 11.2 Å². The number of nitrogens with zero attached hydrogens (tertiary/aromatic N) is 3. The van der Waals surface area contributed by atoms with Gasteiger partial charge in [-0.3, -0.25) is 4.79 Å². The fourth-order valence-electron chi connectivity index (χ4n) is 2.81. The van der Waals surface area contributed by atoms with Gasteiger partial charge in [0.05, 0.1) is 0 Å². The second kappa shape index (κ2) is 7.46. The van der Waals surface area contributed by atoms with Crippen molar-refractivity contribution in [3.63, 3.8) is 0 Å². The van der Waals surface area contributed by atoms with Crippen LogP contribution >= 0.6 is 11.3 Å². The number of anilines is 2. The summed E-state index contributed by atoms with van der Waals surface area (Å²) in [5, 5.41) is 6.18. The molecule has 1 aromatic heterocycles. The van der Waals surface area contributed by atoms with E-state index in [0.717, 1.165) is 43.4 Å². The van der Waals surface area contributed by atoms with Gasteiger partial charge in [-0.25, -0.2) is 4.98 Å². The number of carbonyl (C=O) groups is 1. The van der Waals surface area contributed by atoms with Gasteiger partial charge in [0, 0.05) is 56.9 Å². The van der Waals surface area contributed by atoms with Gasteiger partial charge >= 0.3 is 0 Å². The highest BCUT2D eigenvalue weighted by atomic mass is 32.1. The van der Waals surface area contributed by atoms with Crippen LogP contribution in [0.2, 0.25) is 0 Å². The minimum absolute atomic E-state index is 0.249. The van der Waals surface area contributed by atoms with Crippen molar-refractivity contribution in [3.05, 3.63) is 41.4 Å². The van der Waals surface area contributed by atoms with Gasteiger partial charge in [0.25, 0.3) is 0 Å². The van der Waals surface area contributed by atoms with Crippen LogP contribution in [0.1, 0.15) is 12.0 Å². The molecular formula is C17H22N4OS.